The van der Waals surface area contributed by atoms with Gasteiger partial charge in [-0.15, -0.1) is 0 Å². The van der Waals surface area contributed by atoms with Gasteiger partial charge in [-0.2, -0.15) is 0 Å². The molecule has 0 saturated heterocycles. The minimum absolute atomic E-state index is 0.0690. The van der Waals surface area contributed by atoms with Gasteiger partial charge in [0.2, 0.25) is 5.91 Å². The molecule has 0 fully saturated rings. The second-order valence-corrected chi connectivity index (χ2v) is 4.95. The Bertz CT molecular complexity index is 611. The monoisotopic (exact) mass is 301 g/mol. The second-order valence-electron chi connectivity index (χ2n) is 4.95. The van der Waals surface area contributed by atoms with E-state index in [-0.39, 0.29) is 11.7 Å². The molecule has 1 amide bonds. The van der Waals surface area contributed by atoms with Crippen molar-refractivity contribution in [2.45, 2.75) is 19.8 Å². The molecule has 4 heteroatoms. The van der Waals surface area contributed by atoms with E-state index < -0.39 is 0 Å². The number of rotatable bonds is 7. The Balaban J connectivity index is 1.77. The Morgan fingerprint density at radius 2 is 1.86 bits per heavy atom. The lowest BCUT2D eigenvalue weighted by Gasteiger charge is -2.07. The van der Waals surface area contributed by atoms with Crippen molar-refractivity contribution in [3.05, 3.63) is 65.5 Å². The number of carbonyl (C=O) groups is 1. The van der Waals surface area contributed by atoms with Gasteiger partial charge in [0.05, 0.1) is 13.0 Å². The predicted molar refractivity (Wildman–Crippen MR) is 84.4 cm³/mol. The second kappa shape index (κ2) is 8.17. The van der Waals surface area contributed by atoms with Crippen LogP contribution in [-0.4, -0.2) is 19.1 Å². The first-order chi connectivity index (χ1) is 10.7. The quantitative estimate of drug-likeness (QED) is 0.853. The van der Waals surface area contributed by atoms with E-state index in [9.17, 15) is 9.18 Å². The van der Waals surface area contributed by atoms with Crippen molar-refractivity contribution >= 4 is 5.91 Å². The number of nitrogens with one attached hydrogen (secondary N) is 1. The van der Waals surface area contributed by atoms with Crippen molar-refractivity contribution in [1.82, 2.24) is 5.32 Å². The summed E-state index contributed by atoms with van der Waals surface area (Å²) in [6, 6.07) is 14.1. The molecule has 0 saturated carbocycles. The topological polar surface area (TPSA) is 38.3 Å². The largest absolute Gasteiger partial charge is 0.494 e. The minimum Gasteiger partial charge on any atom is -0.494 e. The van der Waals surface area contributed by atoms with Crippen LogP contribution in [0.1, 0.15) is 18.1 Å². The van der Waals surface area contributed by atoms with Crippen LogP contribution in [0.5, 0.6) is 5.75 Å². The van der Waals surface area contributed by atoms with E-state index >= 15 is 0 Å². The maximum absolute atomic E-state index is 13.4. The molecule has 0 spiro atoms. The lowest BCUT2D eigenvalue weighted by Crippen LogP contribution is -2.27. The fourth-order valence-electron chi connectivity index (χ4n) is 2.16. The average Bonchev–Trinajstić information content (AvgIpc) is 2.51. The van der Waals surface area contributed by atoms with Crippen LogP contribution < -0.4 is 10.1 Å². The van der Waals surface area contributed by atoms with Crippen molar-refractivity contribution in [2.24, 2.45) is 0 Å². The SMILES string of the molecule is CCOc1ccc(CC(=O)NCCc2ccccc2F)cc1. The molecule has 0 atom stereocenters. The van der Waals surface area contributed by atoms with Crippen molar-refractivity contribution in [3.8, 4) is 5.75 Å². The van der Waals surface area contributed by atoms with Gasteiger partial charge in [0.25, 0.3) is 0 Å². The molecule has 0 radical (unpaired) electrons. The Morgan fingerprint density at radius 3 is 2.55 bits per heavy atom. The fraction of sp³-hybridized carbons (Fsp3) is 0.278. The fourth-order valence-corrected chi connectivity index (χ4v) is 2.16. The zero-order valence-corrected chi connectivity index (χ0v) is 12.6. The van der Waals surface area contributed by atoms with E-state index in [0.717, 1.165) is 11.3 Å². The normalized spacial score (nSPS) is 10.3. The van der Waals surface area contributed by atoms with Crippen LogP contribution in [-0.2, 0) is 17.6 Å². The van der Waals surface area contributed by atoms with Gasteiger partial charge in [0, 0.05) is 6.54 Å². The first kappa shape index (κ1) is 16.0. The number of benzene rings is 2. The van der Waals surface area contributed by atoms with E-state index in [4.69, 9.17) is 4.74 Å². The molecule has 0 bridgehead atoms. The average molecular weight is 301 g/mol. The molecule has 0 heterocycles. The Labute approximate surface area is 130 Å². The first-order valence-corrected chi connectivity index (χ1v) is 7.41. The van der Waals surface area contributed by atoms with Gasteiger partial charge in [-0.3, -0.25) is 4.79 Å². The van der Waals surface area contributed by atoms with E-state index in [0.29, 0.717) is 31.6 Å². The zero-order valence-electron chi connectivity index (χ0n) is 12.6. The molecule has 0 unspecified atom stereocenters. The summed E-state index contributed by atoms with van der Waals surface area (Å²) in [5, 5.41) is 2.81. The molecule has 2 aromatic carbocycles. The summed E-state index contributed by atoms with van der Waals surface area (Å²) < 4.78 is 18.8. The summed E-state index contributed by atoms with van der Waals surface area (Å²) in [6.07, 6.45) is 0.797. The summed E-state index contributed by atoms with van der Waals surface area (Å²) >= 11 is 0. The summed E-state index contributed by atoms with van der Waals surface area (Å²) in [5.41, 5.74) is 1.54. The first-order valence-electron chi connectivity index (χ1n) is 7.41. The standard InChI is InChI=1S/C18H20FNO2/c1-2-22-16-9-7-14(8-10-16)13-18(21)20-12-11-15-5-3-4-6-17(15)19/h3-10H,2,11-13H2,1H3,(H,20,21). The highest BCUT2D eigenvalue weighted by molar-refractivity contribution is 5.78. The molecule has 0 aliphatic rings. The van der Waals surface area contributed by atoms with Gasteiger partial charge >= 0.3 is 0 Å². The third kappa shape index (κ3) is 4.88. The highest BCUT2D eigenvalue weighted by Crippen LogP contribution is 2.12. The van der Waals surface area contributed by atoms with E-state index in [2.05, 4.69) is 5.32 Å². The Hall–Kier alpha value is -2.36. The number of halogens is 1. The van der Waals surface area contributed by atoms with Gasteiger partial charge in [-0.1, -0.05) is 30.3 Å². The van der Waals surface area contributed by atoms with Crippen LogP contribution in [0.3, 0.4) is 0 Å². The summed E-state index contributed by atoms with van der Waals surface area (Å²) in [4.78, 5) is 11.9. The van der Waals surface area contributed by atoms with Crippen LogP contribution in [0.2, 0.25) is 0 Å². The van der Waals surface area contributed by atoms with Crippen LogP contribution in [0, 0.1) is 5.82 Å². The molecule has 0 aliphatic carbocycles. The van der Waals surface area contributed by atoms with Gasteiger partial charge in [-0.05, 0) is 42.7 Å². The van der Waals surface area contributed by atoms with Crippen LogP contribution >= 0.6 is 0 Å². The maximum atomic E-state index is 13.4. The van der Waals surface area contributed by atoms with Gasteiger partial charge in [0.15, 0.2) is 0 Å². The van der Waals surface area contributed by atoms with E-state index in [1.807, 2.05) is 31.2 Å². The highest BCUT2D eigenvalue weighted by atomic mass is 19.1. The molecule has 0 aromatic heterocycles. The van der Waals surface area contributed by atoms with Gasteiger partial charge < -0.3 is 10.1 Å². The number of hydrogen-bond donors (Lipinski definition) is 1. The smallest absolute Gasteiger partial charge is 0.224 e. The van der Waals surface area contributed by atoms with Crippen LogP contribution in [0.25, 0.3) is 0 Å². The molecule has 1 N–H and O–H groups in total. The van der Waals surface area contributed by atoms with E-state index in [1.54, 1.807) is 18.2 Å². The molecule has 22 heavy (non-hydrogen) atoms. The third-order valence-electron chi connectivity index (χ3n) is 3.27. The Morgan fingerprint density at radius 1 is 1.14 bits per heavy atom. The number of amides is 1. The third-order valence-corrected chi connectivity index (χ3v) is 3.27. The highest BCUT2D eigenvalue weighted by Gasteiger charge is 2.05. The van der Waals surface area contributed by atoms with Gasteiger partial charge in [0.1, 0.15) is 11.6 Å². The van der Waals surface area contributed by atoms with Crippen LogP contribution in [0.4, 0.5) is 4.39 Å². The minimum atomic E-state index is -0.233. The summed E-state index contributed by atoms with van der Waals surface area (Å²) in [7, 11) is 0. The zero-order chi connectivity index (χ0) is 15.8. The lowest BCUT2D eigenvalue weighted by atomic mass is 10.1. The van der Waals surface area contributed by atoms with Crippen molar-refractivity contribution in [1.29, 1.82) is 0 Å². The molecule has 116 valence electrons. The molecule has 0 aliphatic heterocycles. The molecular weight excluding hydrogens is 281 g/mol. The van der Waals surface area contributed by atoms with Crippen molar-refractivity contribution in [3.63, 3.8) is 0 Å². The summed E-state index contributed by atoms with van der Waals surface area (Å²) in [6.45, 7) is 2.98. The molecule has 2 aromatic rings. The van der Waals surface area contributed by atoms with Crippen molar-refractivity contribution in [2.75, 3.05) is 13.2 Å². The van der Waals surface area contributed by atoms with E-state index in [1.165, 1.54) is 6.07 Å². The molecular formula is C18H20FNO2. The Kier molecular flexibility index (Phi) is 5.95. The summed E-state index contributed by atoms with van der Waals surface area (Å²) in [5.74, 6) is 0.495. The van der Waals surface area contributed by atoms with Crippen LogP contribution in [0.15, 0.2) is 48.5 Å². The molecule has 3 nitrogen and oxygen atoms in total. The predicted octanol–water partition coefficient (Wildman–Crippen LogP) is 3.13. The van der Waals surface area contributed by atoms with Gasteiger partial charge in [-0.25, -0.2) is 4.39 Å². The number of ether oxygens (including phenoxy) is 1. The lowest BCUT2D eigenvalue weighted by molar-refractivity contribution is -0.120. The number of carbonyl (C=O) groups excluding carboxylic acids is 1. The molecule has 2 rings (SSSR count). The number of hydrogen-bond acceptors (Lipinski definition) is 2. The van der Waals surface area contributed by atoms with Crippen molar-refractivity contribution < 1.29 is 13.9 Å². The maximum Gasteiger partial charge on any atom is 0.224 e.